The van der Waals surface area contributed by atoms with Gasteiger partial charge in [0.15, 0.2) is 0 Å². The number of ketones is 1. The van der Waals surface area contributed by atoms with Gasteiger partial charge in [-0.25, -0.2) is 4.39 Å². The first-order valence-corrected chi connectivity index (χ1v) is 3.51. The molecule has 1 amide bonds. The molecule has 2 rings (SSSR count). The van der Waals surface area contributed by atoms with E-state index in [4.69, 9.17) is 4.11 Å². The molecule has 1 aromatic carbocycles. The average molecular weight is 182 g/mol. The highest BCUT2D eigenvalue weighted by Gasteiger charge is 2.33. The van der Waals surface area contributed by atoms with Crippen molar-refractivity contribution in [3.8, 4) is 0 Å². The van der Waals surface area contributed by atoms with Crippen molar-refractivity contribution in [1.82, 2.24) is 0 Å². The maximum Gasteiger partial charge on any atom is 0.299 e. The first kappa shape index (κ1) is 5.11. The van der Waals surface area contributed by atoms with Gasteiger partial charge in [-0.05, 0) is 18.2 Å². The maximum absolute atomic E-state index is 12.9. The van der Waals surface area contributed by atoms with Gasteiger partial charge in [-0.3, -0.25) is 9.59 Å². The van der Waals surface area contributed by atoms with E-state index in [9.17, 15) is 14.0 Å². The summed E-state index contributed by atoms with van der Waals surface area (Å²) in [6, 6.07) is 2.98. The third-order valence-electron chi connectivity index (χ3n) is 1.84. The summed E-state index contributed by atoms with van der Waals surface area (Å²) in [5.74, 6) is -2.78. The Morgan fingerprint density at radius 2 is 2.23 bits per heavy atom. The number of hydrogen-bond acceptors (Lipinski definition) is 2. The molecule has 13 heavy (non-hydrogen) atoms. The lowest BCUT2D eigenvalue weighted by Gasteiger charge is -2.07. The summed E-state index contributed by atoms with van der Waals surface area (Å²) in [6.45, 7) is -2.79. The molecular weight excluding hydrogens is 173 g/mol. The van der Waals surface area contributed by atoms with Crippen LogP contribution in [0.15, 0.2) is 18.2 Å². The summed E-state index contributed by atoms with van der Waals surface area (Å²) >= 11 is 0. The fraction of sp³-hybridized carbons (Fsp3) is 0.111. The van der Waals surface area contributed by atoms with Crippen LogP contribution in [0.3, 0.4) is 0 Å². The zero-order valence-corrected chi connectivity index (χ0v) is 6.37. The Kier molecular flexibility index (Phi) is 0.939. The van der Waals surface area contributed by atoms with Crippen LogP contribution in [0.5, 0.6) is 0 Å². The van der Waals surface area contributed by atoms with Crippen molar-refractivity contribution >= 4 is 17.4 Å². The summed E-state index contributed by atoms with van der Waals surface area (Å²) in [4.78, 5) is 23.2. The van der Waals surface area contributed by atoms with Crippen molar-refractivity contribution in [2.45, 2.75) is 0 Å². The smallest absolute Gasteiger partial charge is 0.299 e. The summed E-state index contributed by atoms with van der Waals surface area (Å²) in [5, 5.41) is 0. The van der Waals surface area contributed by atoms with E-state index in [2.05, 4.69) is 0 Å². The molecule has 0 spiro atoms. The molecule has 1 aliphatic heterocycles. The Balaban J connectivity index is 2.65. The highest BCUT2D eigenvalue weighted by molar-refractivity contribution is 6.52. The predicted molar refractivity (Wildman–Crippen MR) is 44.1 cm³/mol. The molecule has 1 heterocycles. The standard InChI is InChI=1S/C9H6FNO2/c1-11-7-4-5(10)2-3-6(7)8(12)9(11)13/h2-4H,1H3/i1D3. The second-order valence-corrected chi connectivity index (χ2v) is 2.63. The van der Waals surface area contributed by atoms with Crippen LogP contribution in [0.25, 0.3) is 0 Å². The molecule has 0 bridgehead atoms. The van der Waals surface area contributed by atoms with Gasteiger partial charge in [0.1, 0.15) is 5.82 Å². The van der Waals surface area contributed by atoms with Crippen LogP contribution in [0.4, 0.5) is 10.1 Å². The van der Waals surface area contributed by atoms with E-state index >= 15 is 0 Å². The fourth-order valence-electron chi connectivity index (χ4n) is 1.21. The van der Waals surface area contributed by atoms with Crippen molar-refractivity contribution in [2.75, 3.05) is 11.9 Å². The van der Waals surface area contributed by atoms with Crippen LogP contribution in [0.1, 0.15) is 14.5 Å². The number of carbonyl (C=O) groups excluding carboxylic acids is 2. The summed E-state index contributed by atoms with van der Waals surface area (Å²) in [6.07, 6.45) is 0. The Hall–Kier alpha value is -1.71. The van der Waals surface area contributed by atoms with E-state index in [1.54, 1.807) is 0 Å². The van der Waals surface area contributed by atoms with Crippen LogP contribution in [-0.2, 0) is 4.79 Å². The molecule has 0 N–H and O–H groups in total. The third kappa shape index (κ3) is 0.950. The topological polar surface area (TPSA) is 37.4 Å². The lowest BCUT2D eigenvalue weighted by molar-refractivity contribution is -0.114. The molecule has 0 saturated carbocycles. The van der Waals surface area contributed by atoms with Crippen molar-refractivity contribution in [2.24, 2.45) is 0 Å². The number of nitrogens with zero attached hydrogens (tertiary/aromatic N) is 1. The normalized spacial score (nSPS) is 19.5. The monoisotopic (exact) mass is 182 g/mol. The van der Waals surface area contributed by atoms with Crippen LogP contribution in [0, 0.1) is 5.82 Å². The molecule has 66 valence electrons. The van der Waals surface area contributed by atoms with Crippen molar-refractivity contribution in [3.63, 3.8) is 0 Å². The zero-order chi connectivity index (χ0) is 12.1. The first-order chi connectivity index (χ1) is 7.32. The van der Waals surface area contributed by atoms with E-state index in [1.165, 1.54) is 0 Å². The number of carbonyl (C=O) groups is 2. The first-order valence-electron chi connectivity index (χ1n) is 5.01. The summed E-state index contributed by atoms with van der Waals surface area (Å²) in [5.41, 5.74) is -0.280. The Morgan fingerprint density at radius 3 is 2.92 bits per heavy atom. The van der Waals surface area contributed by atoms with E-state index in [0.717, 1.165) is 18.2 Å². The molecule has 0 aliphatic carbocycles. The Bertz CT molecular complexity index is 498. The van der Waals surface area contributed by atoms with Crippen LogP contribution in [-0.4, -0.2) is 18.7 Å². The van der Waals surface area contributed by atoms with E-state index < -0.39 is 24.5 Å². The van der Waals surface area contributed by atoms with Gasteiger partial charge in [0, 0.05) is 11.1 Å². The largest absolute Gasteiger partial charge is 0.308 e. The average Bonchev–Trinajstić information content (AvgIpc) is 2.38. The number of halogens is 1. The van der Waals surface area contributed by atoms with Crippen molar-refractivity contribution in [3.05, 3.63) is 29.6 Å². The number of amides is 1. The van der Waals surface area contributed by atoms with Gasteiger partial charge in [-0.1, -0.05) is 0 Å². The number of likely N-dealkylation sites (N-methyl/N-ethyl adjacent to an activating group) is 1. The van der Waals surface area contributed by atoms with E-state index in [-0.39, 0.29) is 11.3 Å². The number of fused-ring (bicyclic) bond motifs is 1. The second-order valence-electron chi connectivity index (χ2n) is 2.63. The van der Waals surface area contributed by atoms with Gasteiger partial charge in [0.2, 0.25) is 0 Å². The molecule has 0 aromatic heterocycles. The molecule has 1 aromatic rings. The van der Waals surface area contributed by atoms with Crippen LogP contribution >= 0.6 is 0 Å². The van der Waals surface area contributed by atoms with Gasteiger partial charge in [-0.15, -0.1) is 0 Å². The maximum atomic E-state index is 12.9. The lowest BCUT2D eigenvalue weighted by atomic mass is 10.1. The molecule has 0 unspecified atom stereocenters. The van der Waals surface area contributed by atoms with Gasteiger partial charge in [-0.2, -0.15) is 0 Å². The number of anilines is 1. The molecule has 0 atom stereocenters. The quantitative estimate of drug-likeness (QED) is 0.561. The Morgan fingerprint density at radius 1 is 1.46 bits per heavy atom. The third-order valence-corrected chi connectivity index (χ3v) is 1.84. The van der Waals surface area contributed by atoms with Crippen LogP contribution < -0.4 is 4.90 Å². The number of benzene rings is 1. The van der Waals surface area contributed by atoms with Crippen molar-refractivity contribution < 1.29 is 18.1 Å². The van der Waals surface area contributed by atoms with E-state index in [0.29, 0.717) is 4.90 Å². The van der Waals surface area contributed by atoms with Gasteiger partial charge < -0.3 is 4.90 Å². The minimum Gasteiger partial charge on any atom is -0.308 e. The van der Waals surface area contributed by atoms with Crippen molar-refractivity contribution in [1.29, 1.82) is 0 Å². The minimum atomic E-state index is -2.79. The molecule has 3 nitrogen and oxygen atoms in total. The highest BCUT2D eigenvalue weighted by atomic mass is 19.1. The molecule has 4 heteroatoms. The minimum absolute atomic E-state index is 0.0810. The molecule has 0 fully saturated rings. The zero-order valence-electron chi connectivity index (χ0n) is 9.37. The molecule has 1 aliphatic rings. The lowest BCUT2D eigenvalue weighted by Crippen LogP contribution is -2.24. The number of Topliss-reactive ketones (excluding diaryl/α,β-unsaturated/α-hetero) is 1. The van der Waals surface area contributed by atoms with Gasteiger partial charge >= 0.3 is 0 Å². The molecule has 0 saturated heterocycles. The fourth-order valence-corrected chi connectivity index (χ4v) is 1.21. The second kappa shape index (κ2) is 2.39. The van der Waals surface area contributed by atoms with Gasteiger partial charge in [0.25, 0.3) is 11.7 Å². The SMILES string of the molecule is [2H]C([2H])([2H])N1C(=O)C(=O)c2ccc(F)cc21. The molecular formula is C9H6FNO2. The highest BCUT2D eigenvalue weighted by Crippen LogP contribution is 2.27. The van der Waals surface area contributed by atoms with Crippen LogP contribution in [0.2, 0.25) is 0 Å². The van der Waals surface area contributed by atoms with E-state index in [1.807, 2.05) is 0 Å². The number of hydrogen-bond donors (Lipinski definition) is 0. The number of rotatable bonds is 0. The predicted octanol–water partition coefficient (Wildman–Crippen LogP) is 0.985. The molecule has 0 radical (unpaired) electrons. The summed E-state index contributed by atoms with van der Waals surface area (Å²) < 4.78 is 34.3. The summed E-state index contributed by atoms with van der Waals surface area (Å²) in [7, 11) is 0. The Labute approximate surface area is 78.0 Å². The van der Waals surface area contributed by atoms with Gasteiger partial charge in [0.05, 0.1) is 11.3 Å².